The number of nitrogens with zero attached hydrogens (tertiary/aromatic N) is 1. The van der Waals surface area contributed by atoms with Crippen LogP contribution in [0.4, 0.5) is 4.39 Å². The molecule has 0 spiro atoms. The van der Waals surface area contributed by atoms with Gasteiger partial charge in [0.05, 0.1) is 19.6 Å². The molecular formula is C15H16FNO3. The third-order valence-electron chi connectivity index (χ3n) is 2.99. The largest absolute Gasteiger partial charge is 0.466 e. The fourth-order valence-electron chi connectivity index (χ4n) is 2.05. The molecule has 1 aromatic carbocycles. The first kappa shape index (κ1) is 14.2. The number of fused-ring (bicyclic) bond motifs is 1. The van der Waals surface area contributed by atoms with Gasteiger partial charge in [0, 0.05) is 23.5 Å². The fraction of sp³-hybridized carbons (Fsp3) is 0.333. The Balaban J connectivity index is 1.98. The molecule has 0 bridgehead atoms. The van der Waals surface area contributed by atoms with Crippen LogP contribution < -0.4 is 0 Å². The Labute approximate surface area is 116 Å². The van der Waals surface area contributed by atoms with Gasteiger partial charge < -0.3 is 9.30 Å². The first-order valence-corrected chi connectivity index (χ1v) is 6.52. The number of halogens is 1. The lowest BCUT2D eigenvalue weighted by molar-refractivity contribution is -0.144. The molecule has 0 saturated heterocycles. The molecule has 0 fully saturated rings. The van der Waals surface area contributed by atoms with Crippen molar-refractivity contribution in [1.29, 1.82) is 0 Å². The number of aromatic nitrogens is 1. The second-order valence-corrected chi connectivity index (χ2v) is 4.49. The third-order valence-corrected chi connectivity index (χ3v) is 2.99. The monoisotopic (exact) mass is 277 g/mol. The second kappa shape index (κ2) is 6.32. The first-order chi connectivity index (χ1) is 9.60. The van der Waals surface area contributed by atoms with Crippen molar-refractivity contribution in [1.82, 2.24) is 4.57 Å². The molecule has 1 heterocycles. The van der Waals surface area contributed by atoms with E-state index in [0.717, 1.165) is 10.9 Å². The van der Waals surface area contributed by atoms with Crippen LogP contribution >= 0.6 is 0 Å². The van der Waals surface area contributed by atoms with E-state index in [0.29, 0.717) is 6.61 Å². The van der Waals surface area contributed by atoms with Crippen LogP contribution in [-0.4, -0.2) is 22.9 Å². The Morgan fingerprint density at radius 1 is 1.25 bits per heavy atom. The van der Waals surface area contributed by atoms with Crippen LogP contribution in [0.3, 0.4) is 0 Å². The number of carbonyl (C=O) groups excluding carboxylic acids is 2. The number of ketones is 1. The van der Waals surface area contributed by atoms with Gasteiger partial charge in [0.2, 0.25) is 0 Å². The normalized spacial score (nSPS) is 10.7. The van der Waals surface area contributed by atoms with Crippen LogP contribution in [0.2, 0.25) is 0 Å². The van der Waals surface area contributed by atoms with Gasteiger partial charge in [-0.1, -0.05) is 0 Å². The summed E-state index contributed by atoms with van der Waals surface area (Å²) in [5.41, 5.74) is 0.802. The molecule has 0 unspecified atom stereocenters. The van der Waals surface area contributed by atoms with Crippen molar-refractivity contribution in [3.63, 3.8) is 0 Å². The predicted molar refractivity (Wildman–Crippen MR) is 72.8 cm³/mol. The van der Waals surface area contributed by atoms with E-state index in [-0.39, 0.29) is 37.0 Å². The smallest absolute Gasteiger partial charge is 0.306 e. The van der Waals surface area contributed by atoms with Crippen LogP contribution in [0.25, 0.3) is 10.9 Å². The maximum atomic E-state index is 13.1. The zero-order valence-electron chi connectivity index (χ0n) is 11.3. The van der Waals surface area contributed by atoms with Gasteiger partial charge in [-0.05, 0) is 31.2 Å². The van der Waals surface area contributed by atoms with Crippen LogP contribution in [0.5, 0.6) is 0 Å². The van der Waals surface area contributed by atoms with E-state index in [1.807, 2.05) is 0 Å². The van der Waals surface area contributed by atoms with Crippen molar-refractivity contribution in [3.05, 3.63) is 36.3 Å². The van der Waals surface area contributed by atoms with Gasteiger partial charge >= 0.3 is 5.97 Å². The third kappa shape index (κ3) is 3.44. The quantitative estimate of drug-likeness (QED) is 0.763. The van der Waals surface area contributed by atoms with E-state index in [1.165, 1.54) is 12.1 Å². The van der Waals surface area contributed by atoms with Gasteiger partial charge in [-0.2, -0.15) is 0 Å². The molecule has 4 nitrogen and oxygen atoms in total. The van der Waals surface area contributed by atoms with Crippen molar-refractivity contribution >= 4 is 22.7 Å². The van der Waals surface area contributed by atoms with E-state index in [2.05, 4.69) is 0 Å². The molecule has 20 heavy (non-hydrogen) atoms. The molecule has 0 radical (unpaired) electrons. The van der Waals surface area contributed by atoms with Gasteiger partial charge in [0.15, 0.2) is 5.78 Å². The van der Waals surface area contributed by atoms with Crippen molar-refractivity contribution in [2.24, 2.45) is 0 Å². The molecule has 0 amide bonds. The number of ether oxygens (including phenoxy) is 1. The zero-order valence-corrected chi connectivity index (χ0v) is 11.3. The Morgan fingerprint density at radius 3 is 2.80 bits per heavy atom. The average Bonchev–Trinajstić information content (AvgIpc) is 2.79. The second-order valence-electron chi connectivity index (χ2n) is 4.49. The topological polar surface area (TPSA) is 48.3 Å². The SMILES string of the molecule is CCOC(=O)CCC(=O)Cn1ccc2cc(F)ccc21. The van der Waals surface area contributed by atoms with E-state index >= 15 is 0 Å². The number of rotatable bonds is 6. The summed E-state index contributed by atoms with van der Waals surface area (Å²) in [7, 11) is 0. The number of benzene rings is 1. The number of carbonyl (C=O) groups is 2. The van der Waals surface area contributed by atoms with Crippen molar-refractivity contribution in [2.45, 2.75) is 26.3 Å². The Bertz CT molecular complexity index is 633. The summed E-state index contributed by atoms with van der Waals surface area (Å²) in [5.74, 6) is -0.718. The van der Waals surface area contributed by atoms with E-state index in [4.69, 9.17) is 4.74 Å². The molecule has 0 N–H and O–H groups in total. The maximum Gasteiger partial charge on any atom is 0.306 e. The lowest BCUT2D eigenvalue weighted by Crippen LogP contribution is -2.12. The van der Waals surface area contributed by atoms with Crippen molar-refractivity contribution in [2.75, 3.05) is 6.61 Å². The molecule has 0 atom stereocenters. The van der Waals surface area contributed by atoms with Crippen LogP contribution in [0.1, 0.15) is 19.8 Å². The lowest BCUT2D eigenvalue weighted by atomic mass is 10.2. The molecule has 0 aliphatic carbocycles. The molecule has 1 aromatic heterocycles. The van der Waals surface area contributed by atoms with E-state index < -0.39 is 0 Å². The highest BCUT2D eigenvalue weighted by Crippen LogP contribution is 2.17. The van der Waals surface area contributed by atoms with Crippen molar-refractivity contribution < 1.29 is 18.7 Å². The summed E-state index contributed by atoms with van der Waals surface area (Å²) in [6.07, 6.45) is 1.99. The molecule has 0 aliphatic heterocycles. The molecule has 2 aromatic rings. The summed E-state index contributed by atoms with van der Waals surface area (Å²) < 4.78 is 19.6. The van der Waals surface area contributed by atoms with Gasteiger partial charge in [-0.15, -0.1) is 0 Å². The molecule has 2 rings (SSSR count). The fourth-order valence-corrected chi connectivity index (χ4v) is 2.05. The summed E-state index contributed by atoms with van der Waals surface area (Å²) in [6.45, 7) is 2.22. The van der Waals surface area contributed by atoms with Crippen molar-refractivity contribution in [3.8, 4) is 0 Å². The number of esters is 1. The van der Waals surface area contributed by atoms with Crippen LogP contribution in [0, 0.1) is 5.82 Å². The van der Waals surface area contributed by atoms with Gasteiger partial charge in [0.1, 0.15) is 5.82 Å². The highest BCUT2D eigenvalue weighted by Gasteiger charge is 2.10. The zero-order chi connectivity index (χ0) is 14.5. The maximum absolute atomic E-state index is 13.1. The standard InChI is InChI=1S/C15H16FNO3/c1-2-20-15(19)6-4-13(18)10-17-8-7-11-9-12(16)3-5-14(11)17/h3,5,7-9H,2,4,6,10H2,1H3. The van der Waals surface area contributed by atoms with Crippen LogP contribution in [-0.2, 0) is 20.9 Å². The minimum atomic E-state index is -0.361. The summed E-state index contributed by atoms with van der Waals surface area (Å²) >= 11 is 0. The number of hydrogen-bond acceptors (Lipinski definition) is 3. The number of Topliss-reactive ketones (excluding diaryl/α,β-unsaturated/α-hetero) is 1. The Morgan fingerprint density at radius 2 is 2.05 bits per heavy atom. The van der Waals surface area contributed by atoms with Gasteiger partial charge in [-0.3, -0.25) is 9.59 Å². The molecule has 5 heteroatoms. The molecule has 0 aliphatic rings. The summed E-state index contributed by atoms with van der Waals surface area (Å²) in [4.78, 5) is 23.0. The van der Waals surface area contributed by atoms with E-state index in [9.17, 15) is 14.0 Å². The molecule has 106 valence electrons. The summed E-state index contributed by atoms with van der Waals surface area (Å²) in [6, 6.07) is 6.19. The van der Waals surface area contributed by atoms with Gasteiger partial charge in [0.25, 0.3) is 0 Å². The highest BCUT2D eigenvalue weighted by molar-refractivity contribution is 5.86. The van der Waals surface area contributed by atoms with E-state index in [1.54, 1.807) is 29.8 Å². The average molecular weight is 277 g/mol. The van der Waals surface area contributed by atoms with Crippen LogP contribution in [0.15, 0.2) is 30.5 Å². The number of hydrogen-bond donors (Lipinski definition) is 0. The molecule has 0 saturated carbocycles. The van der Waals surface area contributed by atoms with Gasteiger partial charge in [-0.25, -0.2) is 4.39 Å². The highest BCUT2D eigenvalue weighted by atomic mass is 19.1. The summed E-state index contributed by atoms with van der Waals surface area (Å²) in [5, 5.41) is 0.753. The molecular weight excluding hydrogens is 261 g/mol. The lowest BCUT2D eigenvalue weighted by Gasteiger charge is -2.05. The Kier molecular flexibility index (Phi) is 4.50. The predicted octanol–water partition coefficient (Wildman–Crippen LogP) is 2.69. The minimum Gasteiger partial charge on any atom is -0.466 e. The first-order valence-electron chi connectivity index (χ1n) is 6.52. The Hall–Kier alpha value is -2.17. The minimum absolute atomic E-state index is 0.0557.